The van der Waals surface area contributed by atoms with Gasteiger partial charge in [0.1, 0.15) is 5.78 Å². The first-order valence-electron chi connectivity index (χ1n) is 3.89. The van der Waals surface area contributed by atoms with Crippen LogP contribution < -0.4 is 0 Å². The molecule has 0 aromatic carbocycles. The summed E-state index contributed by atoms with van der Waals surface area (Å²) in [7, 11) is 0. The van der Waals surface area contributed by atoms with Crippen LogP contribution in [0.15, 0.2) is 23.0 Å². The largest absolute Gasteiger partial charge is 0.472 e. The molecule has 0 aliphatic carbocycles. The van der Waals surface area contributed by atoms with Crippen molar-refractivity contribution in [3.05, 3.63) is 24.2 Å². The number of hydrogen-bond donors (Lipinski definition) is 1. The molecule has 1 aromatic heterocycles. The zero-order chi connectivity index (χ0) is 8.97. The summed E-state index contributed by atoms with van der Waals surface area (Å²) in [6, 6.07) is 1.75. The van der Waals surface area contributed by atoms with Gasteiger partial charge in [-0.15, -0.1) is 0 Å². The van der Waals surface area contributed by atoms with Gasteiger partial charge in [-0.2, -0.15) is 0 Å². The number of rotatable bonds is 4. The molecule has 0 spiro atoms. The fourth-order valence-corrected chi connectivity index (χ4v) is 1.02. The Morgan fingerprint density at radius 3 is 3.00 bits per heavy atom. The van der Waals surface area contributed by atoms with Crippen molar-refractivity contribution in [2.45, 2.75) is 25.9 Å². The standard InChI is InChI=1S/C9H12O3/c1-7(10)4-9(11)5-8-2-3-12-6-8/h2-3,6-7,10H,4-5H2,1H3. The number of aliphatic hydroxyl groups excluding tert-OH is 1. The summed E-state index contributed by atoms with van der Waals surface area (Å²) in [5.41, 5.74) is 0.862. The van der Waals surface area contributed by atoms with Crippen LogP contribution >= 0.6 is 0 Å². The molecule has 1 aromatic rings. The summed E-state index contributed by atoms with van der Waals surface area (Å²) in [5.74, 6) is 0.0337. The van der Waals surface area contributed by atoms with E-state index in [1.54, 1.807) is 19.3 Å². The zero-order valence-electron chi connectivity index (χ0n) is 6.99. The van der Waals surface area contributed by atoms with E-state index >= 15 is 0 Å². The quantitative estimate of drug-likeness (QED) is 0.734. The van der Waals surface area contributed by atoms with Gasteiger partial charge >= 0.3 is 0 Å². The molecule has 0 radical (unpaired) electrons. The number of hydrogen-bond acceptors (Lipinski definition) is 3. The summed E-state index contributed by atoms with van der Waals surface area (Å²) in [5, 5.41) is 8.91. The van der Waals surface area contributed by atoms with Gasteiger partial charge in [0.25, 0.3) is 0 Å². The molecule has 0 bridgehead atoms. The first-order chi connectivity index (χ1) is 5.68. The Hall–Kier alpha value is -1.09. The minimum absolute atomic E-state index is 0.0337. The predicted octanol–water partition coefficient (Wildman–Crippen LogP) is 1.16. The first kappa shape index (κ1) is 9.00. The summed E-state index contributed by atoms with van der Waals surface area (Å²) in [6.07, 6.45) is 3.08. The number of carbonyl (C=O) groups excluding carboxylic acids is 1. The molecular weight excluding hydrogens is 156 g/mol. The van der Waals surface area contributed by atoms with Gasteiger partial charge in [-0.1, -0.05) is 0 Å². The Kier molecular flexibility index (Phi) is 3.05. The van der Waals surface area contributed by atoms with Gasteiger partial charge in [0.05, 0.1) is 18.6 Å². The Morgan fingerprint density at radius 2 is 2.50 bits per heavy atom. The van der Waals surface area contributed by atoms with Crippen LogP contribution in [0.2, 0.25) is 0 Å². The van der Waals surface area contributed by atoms with Crippen molar-refractivity contribution in [1.82, 2.24) is 0 Å². The number of ketones is 1. The van der Waals surface area contributed by atoms with E-state index in [0.717, 1.165) is 5.56 Å². The Balaban J connectivity index is 2.37. The monoisotopic (exact) mass is 168 g/mol. The van der Waals surface area contributed by atoms with E-state index in [4.69, 9.17) is 9.52 Å². The molecule has 1 unspecified atom stereocenters. The number of aliphatic hydroxyl groups is 1. The fourth-order valence-electron chi connectivity index (χ4n) is 1.02. The van der Waals surface area contributed by atoms with E-state index in [9.17, 15) is 4.79 Å². The maximum Gasteiger partial charge on any atom is 0.139 e. The van der Waals surface area contributed by atoms with Gasteiger partial charge in [-0.25, -0.2) is 0 Å². The van der Waals surface area contributed by atoms with Gasteiger partial charge in [-0.05, 0) is 18.6 Å². The molecule has 1 heterocycles. The SMILES string of the molecule is CC(O)CC(=O)Cc1ccoc1. The molecule has 1 N–H and O–H groups in total. The summed E-state index contributed by atoms with van der Waals surface area (Å²) >= 11 is 0. The number of carbonyl (C=O) groups is 1. The minimum atomic E-state index is -0.551. The third-order valence-electron chi connectivity index (χ3n) is 1.50. The molecule has 1 rings (SSSR count). The van der Waals surface area contributed by atoms with Crippen molar-refractivity contribution >= 4 is 5.78 Å². The Morgan fingerprint density at radius 1 is 1.75 bits per heavy atom. The Labute approximate surface area is 71.0 Å². The highest BCUT2D eigenvalue weighted by Gasteiger charge is 2.07. The van der Waals surface area contributed by atoms with Crippen molar-refractivity contribution in [2.75, 3.05) is 0 Å². The van der Waals surface area contributed by atoms with Crippen LogP contribution in [-0.4, -0.2) is 17.0 Å². The molecule has 0 amide bonds. The van der Waals surface area contributed by atoms with Gasteiger partial charge in [-0.3, -0.25) is 4.79 Å². The molecule has 3 heteroatoms. The average Bonchev–Trinajstić information content (AvgIpc) is 2.37. The highest BCUT2D eigenvalue weighted by atomic mass is 16.3. The van der Waals surface area contributed by atoms with E-state index in [0.29, 0.717) is 6.42 Å². The third-order valence-corrected chi connectivity index (χ3v) is 1.50. The molecule has 3 nitrogen and oxygen atoms in total. The second kappa shape index (κ2) is 4.07. The molecule has 12 heavy (non-hydrogen) atoms. The smallest absolute Gasteiger partial charge is 0.139 e. The Bertz CT molecular complexity index is 236. The molecule has 0 saturated carbocycles. The van der Waals surface area contributed by atoms with E-state index in [1.807, 2.05) is 0 Å². The lowest BCUT2D eigenvalue weighted by Gasteiger charge is -2.00. The summed E-state index contributed by atoms with van der Waals surface area (Å²) < 4.78 is 4.81. The van der Waals surface area contributed by atoms with Crippen molar-refractivity contribution in [1.29, 1.82) is 0 Å². The van der Waals surface area contributed by atoms with Crippen molar-refractivity contribution in [3.8, 4) is 0 Å². The fraction of sp³-hybridized carbons (Fsp3) is 0.444. The second-order valence-corrected chi connectivity index (χ2v) is 2.90. The zero-order valence-corrected chi connectivity index (χ0v) is 6.99. The van der Waals surface area contributed by atoms with Crippen molar-refractivity contribution < 1.29 is 14.3 Å². The van der Waals surface area contributed by atoms with Crippen LogP contribution in [-0.2, 0) is 11.2 Å². The van der Waals surface area contributed by atoms with Crippen LogP contribution in [0.1, 0.15) is 18.9 Å². The molecule has 66 valence electrons. The normalized spacial score (nSPS) is 12.8. The lowest BCUT2D eigenvalue weighted by molar-refractivity contribution is -0.120. The maximum atomic E-state index is 11.1. The van der Waals surface area contributed by atoms with Crippen LogP contribution in [0.3, 0.4) is 0 Å². The number of furan rings is 1. The topological polar surface area (TPSA) is 50.4 Å². The van der Waals surface area contributed by atoms with Crippen molar-refractivity contribution in [2.24, 2.45) is 0 Å². The van der Waals surface area contributed by atoms with E-state index in [-0.39, 0.29) is 12.2 Å². The summed E-state index contributed by atoms with van der Waals surface area (Å²) in [6.45, 7) is 1.60. The molecule has 0 aliphatic rings. The predicted molar refractivity (Wildman–Crippen MR) is 43.7 cm³/mol. The molecular formula is C9H12O3. The van der Waals surface area contributed by atoms with Crippen molar-refractivity contribution in [3.63, 3.8) is 0 Å². The highest BCUT2D eigenvalue weighted by molar-refractivity contribution is 5.81. The maximum absolute atomic E-state index is 11.1. The molecule has 1 atom stereocenters. The highest BCUT2D eigenvalue weighted by Crippen LogP contribution is 2.04. The minimum Gasteiger partial charge on any atom is -0.472 e. The molecule has 0 aliphatic heterocycles. The van der Waals surface area contributed by atoms with Crippen LogP contribution in [0.4, 0.5) is 0 Å². The third kappa shape index (κ3) is 2.88. The average molecular weight is 168 g/mol. The van der Waals surface area contributed by atoms with Gasteiger partial charge in [0, 0.05) is 12.8 Å². The number of Topliss-reactive ketones (excluding diaryl/α,β-unsaturated/α-hetero) is 1. The van der Waals surface area contributed by atoms with E-state index in [1.165, 1.54) is 6.26 Å². The van der Waals surface area contributed by atoms with Crippen LogP contribution in [0.5, 0.6) is 0 Å². The van der Waals surface area contributed by atoms with E-state index in [2.05, 4.69) is 0 Å². The van der Waals surface area contributed by atoms with Gasteiger partial charge < -0.3 is 9.52 Å². The lowest BCUT2D eigenvalue weighted by atomic mass is 10.1. The van der Waals surface area contributed by atoms with Crippen LogP contribution in [0, 0.1) is 0 Å². The van der Waals surface area contributed by atoms with Gasteiger partial charge in [0.2, 0.25) is 0 Å². The molecule has 0 saturated heterocycles. The lowest BCUT2D eigenvalue weighted by Crippen LogP contribution is -2.11. The summed E-state index contributed by atoms with van der Waals surface area (Å²) in [4.78, 5) is 11.1. The second-order valence-electron chi connectivity index (χ2n) is 2.90. The first-order valence-corrected chi connectivity index (χ1v) is 3.89. The van der Waals surface area contributed by atoms with Gasteiger partial charge in [0.15, 0.2) is 0 Å². The van der Waals surface area contributed by atoms with E-state index < -0.39 is 6.10 Å². The molecule has 0 fully saturated rings. The van der Waals surface area contributed by atoms with Crippen LogP contribution in [0.25, 0.3) is 0 Å².